The summed E-state index contributed by atoms with van der Waals surface area (Å²) in [6.07, 6.45) is 0. The minimum absolute atomic E-state index is 0.357. The van der Waals surface area contributed by atoms with Crippen molar-refractivity contribution in [1.82, 2.24) is 4.98 Å². The molecule has 1 heterocycles. The summed E-state index contributed by atoms with van der Waals surface area (Å²) in [6, 6.07) is 11.4. The van der Waals surface area contributed by atoms with Gasteiger partial charge in [0.2, 0.25) is 11.8 Å². The molecule has 112 valence electrons. The maximum atomic E-state index is 5.87. The molecule has 2 rings (SSSR count). The third-order valence-corrected chi connectivity index (χ3v) is 3.04. The van der Waals surface area contributed by atoms with E-state index in [-0.39, 0.29) is 5.60 Å². The summed E-state index contributed by atoms with van der Waals surface area (Å²) >= 11 is 3.43. The number of rotatable bonds is 4. The summed E-state index contributed by atoms with van der Waals surface area (Å²) in [7, 11) is 0. The number of hydrogen-bond donors (Lipinski definition) is 1. The number of anilines is 1. The molecule has 1 aromatic heterocycles. The topological polar surface area (TPSA) is 57.4 Å². The van der Waals surface area contributed by atoms with Crippen molar-refractivity contribution in [3.8, 4) is 11.8 Å². The van der Waals surface area contributed by atoms with E-state index in [9.17, 15) is 0 Å². The standard InChI is InChI=1S/C16H19BrN2O2/c1-16(2,3)21-15-13(18)7-8-14(19-15)20-10-11-5-4-6-12(17)9-11/h4-9H,10,18H2,1-3H3. The van der Waals surface area contributed by atoms with Crippen LogP contribution in [0, 0.1) is 0 Å². The Balaban J connectivity index is 2.09. The van der Waals surface area contributed by atoms with E-state index in [0.717, 1.165) is 10.0 Å². The summed E-state index contributed by atoms with van der Waals surface area (Å²) in [4.78, 5) is 4.31. The number of hydrogen-bond acceptors (Lipinski definition) is 4. The Hall–Kier alpha value is -1.75. The van der Waals surface area contributed by atoms with Crippen molar-refractivity contribution in [3.05, 3.63) is 46.4 Å². The SMILES string of the molecule is CC(C)(C)Oc1nc(OCc2cccc(Br)c2)ccc1N. The van der Waals surface area contributed by atoms with Crippen molar-refractivity contribution in [2.24, 2.45) is 0 Å². The van der Waals surface area contributed by atoms with E-state index >= 15 is 0 Å². The summed E-state index contributed by atoms with van der Waals surface area (Å²) < 4.78 is 12.4. The van der Waals surface area contributed by atoms with Gasteiger partial charge in [0.15, 0.2) is 0 Å². The van der Waals surface area contributed by atoms with Gasteiger partial charge in [-0.2, -0.15) is 4.98 Å². The molecular formula is C16H19BrN2O2. The molecule has 0 radical (unpaired) electrons. The number of pyridine rings is 1. The summed E-state index contributed by atoms with van der Waals surface area (Å²) in [5.41, 5.74) is 7.07. The molecule has 0 aliphatic carbocycles. The van der Waals surface area contributed by atoms with E-state index < -0.39 is 0 Å². The van der Waals surface area contributed by atoms with Crippen molar-refractivity contribution < 1.29 is 9.47 Å². The lowest BCUT2D eigenvalue weighted by Crippen LogP contribution is -2.24. The molecule has 1 aromatic carbocycles. The van der Waals surface area contributed by atoms with Crippen LogP contribution in [0.25, 0.3) is 0 Å². The highest BCUT2D eigenvalue weighted by Gasteiger charge is 2.15. The molecule has 0 amide bonds. The highest BCUT2D eigenvalue weighted by Crippen LogP contribution is 2.26. The van der Waals surface area contributed by atoms with Crippen molar-refractivity contribution in [2.45, 2.75) is 33.0 Å². The van der Waals surface area contributed by atoms with Gasteiger partial charge in [-0.05, 0) is 44.5 Å². The quantitative estimate of drug-likeness (QED) is 0.898. The lowest BCUT2D eigenvalue weighted by molar-refractivity contribution is 0.123. The first-order valence-corrected chi connectivity index (χ1v) is 7.45. The van der Waals surface area contributed by atoms with Gasteiger partial charge in [-0.1, -0.05) is 28.1 Å². The number of nitrogen functional groups attached to an aromatic ring is 1. The first kappa shape index (κ1) is 15.6. The highest BCUT2D eigenvalue weighted by molar-refractivity contribution is 9.10. The summed E-state index contributed by atoms with van der Waals surface area (Å²) in [6.45, 7) is 6.28. The molecule has 0 unspecified atom stereocenters. The maximum absolute atomic E-state index is 5.87. The first-order chi connectivity index (χ1) is 9.83. The molecule has 0 bridgehead atoms. The Bertz CT molecular complexity index is 624. The van der Waals surface area contributed by atoms with E-state index in [1.165, 1.54) is 0 Å². The Labute approximate surface area is 133 Å². The second kappa shape index (κ2) is 6.35. The van der Waals surface area contributed by atoms with Crippen LogP contribution in [0.15, 0.2) is 40.9 Å². The van der Waals surface area contributed by atoms with Crippen LogP contribution in [0.3, 0.4) is 0 Å². The average molecular weight is 351 g/mol. The smallest absolute Gasteiger partial charge is 0.241 e. The minimum Gasteiger partial charge on any atom is -0.473 e. The van der Waals surface area contributed by atoms with Crippen LogP contribution in [-0.4, -0.2) is 10.6 Å². The van der Waals surface area contributed by atoms with Gasteiger partial charge in [0.25, 0.3) is 0 Å². The minimum atomic E-state index is -0.357. The van der Waals surface area contributed by atoms with Crippen LogP contribution in [0.5, 0.6) is 11.8 Å². The zero-order valence-electron chi connectivity index (χ0n) is 12.4. The largest absolute Gasteiger partial charge is 0.473 e. The Morgan fingerprint density at radius 3 is 2.62 bits per heavy atom. The first-order valence-electron chi connectivity index (χ1n) is 6.66. The second-order valence-electron chi connectivity index (χ2n) is 5.68. The lowest BCUT2D eigenvalue weighted by atomic mass is 10.2. The second-order valence-corrected chi connectivity index (χ2v) is 6.59. The van der Waals surface area contributed by atoms with Crippen molar-refractivity contribution in [3.63, 3.8) is 0 Å². The molecule has 4 nitrogen and oxygen atoms in total. The lowest BCUT2D eigenvalue weighted by Gasteiger charge is -2.21. The molecule has 0 aliphatic rings. The predicted molar refractivity (Wildman–Crippen MR) is 87.5 cm³/mol. The van der Waals surface area contributed by atoms with Gasteiger partial charge in [0.05, 0.1) is 5.69 Å². The molecule has 0 atom stereocenters. The van der Waals surface area contributed by atoms with Crippen LogP contribution < -0.4 is 15.2 Å². The van der Waals surface area contributed by atoms with Gasteiger partial charge >= 0.3 is 0 Å². The third kappa shape index (κ3) is 4.93. The van der Waals surface area contributed by atoms with Crippen LogP contribution in [0.4, 0.5) is 5.69 Å². The van der Waals surface area contributed by atoms with Gasteiger partial charge in [-0.15, -0.1) is 0 Å². The van der Waals surface area contributed by atoms with Gasteiger partial charge in [-0.3, -0.25) is 0 Å². The van der Waals surface area contributed by atoms with E-state index in [0.29, 0.717) is 24.1 Å². The van der Waals surface area contributed by atoms with E-state index in [2.05, 4.69) is 20.9 Å². The van der Waals surface area contributed by atoms with Gasteiger partial charge < -0.3 is 15.2 Å². The zero-order chi connectivity index (χ0) is 15.5. The molecule has 2 aromatic rings. The van der Waals surface area contributed by atoms with E-state index in [1.54, 1.807) is 12.1 Å². The normalized spacial score (nSPS) is 11.2. The third-order valence-electron chi connectivity index (χ3n) is 2.54. The molecule has 2 N–H and O–H groups in total. The number of halogens is 1. The zero-order valence-corrected chi connectivity index (χ0v) is 14.0. The fourth-order valence-electron chi connectivity index (χ4n) is 1.67. The Morgan fingerprint density at radius 1 is 1.19 bits per heavy atom. The number of benzene rings is 1. The monoisotopic (exact) mass is 350 g/mol. The number of ether oxygens (including phenoxy) is 2. The Kier molecular flexibility index (Phi) is 4.73. The van der Waals surface area contributed by atoms with Gasteiger partial charge in [0.1, 0.15) is 12.2 Å². The maximum Gasteiger partial charge on any atom is 0.241 e. The van der Waals surface area contributed by atoms with E-state index in [4.69, 9.17) is 15.2 Å². The molecule has 5 heteroatoms. The van der Waals surface area contributed by atoms with Crippen LogP contribution in [0.1, 0.15) is 26.3 Å². The van der Waals surface area contributed by atoms with Crippen molar-refractivity contribution in [1.29, 1.82) is 0 Å². The molecule has 0 saturated heterocycles. The van der Waals surface area contributed by atoms with Crippen molar-refractivity contribution in [2.75, 3.05) is 5.73 Å². The molecule has 0 fully saturated rings. The summed E-state index contributed by atoms with van der Waals surface area (Å²) in [5, 5.41) is 0. The van der Waals surface area contributed by atoms with Gasteiger partial charge in [-0.25, -0.2) is 0 Å². The molecule has 21 heavy (non-hydrogen) atoms. The fourth-order valence-corrected chi connectivity index (χ4v) is 2.12. The fraction of sp³-hybridized carbons (Fsp3) is 0.312. The van der Waals surface area contributed by atoms with Crippen LogP contribution >= 0.6 is 15.9 Å². The highest BCUT2D eigenvalue weighted by atomic mass is 79.9. The number of nitrogens with zero attached hydrogens (tertiary/aromatic N) is 1. The number of nitrogens with two attached hydrogens (primary N) is 1. The molecular weight excluding hydrogens is 332 g/mol. The van der Waals surface area contributed by atoms with Crippen LogP contribution in [-0.2, 0) is 6.61 Å². The predicted octanol–water partition coefficient (Wildman–Crippen LogP) is 4.18. The van der Waals surface area contributed by atoms with Crippen molar-refractivity contribution >= 4 is 21.6 Å². The van der Waals surface area contributed by atoms with Crippen LogP contribution in [0.2, 0.25) is 0 Å². The summed E-state index contributed by atoms with van der Waals surface area (Å²) in [5.74, 6) is 0.887. The Morgan fingerprint density at radius 2 is 1.95 bits per heavy atom. The molecule has 0 saturated carbocycles. The van der Waals surface area contributed by atoms with E-state index in [1.807, 2.05) is 45.0 Å². The molecule has 0 spiro atoms. The average Bonchev–Trinajstić information content (AvgIpc) is 2.38. The number of aromatic nitrogens is 1. The van der Waals surface area contributed by atoms with Gasteiger partial charge in [0, 0.05) is 10.5 Å². The molecule has 0 aliphatic heterocycles.